The minimum atomic E-state index is -8.77. The van der Waals surface area contributed by atoms with Crippen molar-refractivity contribution >= 4 is 29.7 Å². The lowest BCUT2D eigenvalue weighted by molar-refractivity contribution is -0.462. The minimum absolute atomic E-state index is 0.0207. The van der Waals surface area contributed by atoms with Crippen LogP contribution in [0.15, 0.2) is 0 Å². The highest BCUT2D eigenvalue weighted by Gasteiger charge is 2.95. The second-order valence-corrected chi connectivity index (χ2v) is 14.6. The molecule has 1 saturated heterocycles. The van der Waals surface area contributed by atoms with Crippen molar-refractivity contribution in [3.8, 4) is 0 Å². The highest BCUT2D eigenvalue weighted by atomic mass is 19.4. The summed E-state index contributed by atoms with van der Waals surface area (Å²) in [6, 6.07) is -1.15. The van der Waals surface area contributed by atoms with E-state index < -0.39 is 149 Å². The number of carboxylic acids is 3. The number of alkyl halides is 17. The summed E-state index contributed by atoms with van der Waals surface area (Å²) < 4.78 is 234. The fraction of sp³-hybridized carbons (Fsp3) is 0.848. The topological polar surface area (TPSA) is 204 Å². The maximum Gasteiger partial charge on any atom is 0.460 e. The maximum atomic E-state index is 14.2. The lowest BCUT2D eigenvalue weighted by Gasteiger charge is -2.42. The Kier molecular flexibility index (Phi) is 21.1. The van der Waals surface area contributed by atoms with Gasteiger partial charge in [-0.3, -0.25) is 43.6 Å². The van der Waals surface area contributed by atoms with E-state index in [9.17, 15) is 119 Å². The number of rotatable bonds is 24. The molecular weight excluding hydrogens is 963 g/mol. The van der Waals surface area contributed by atoms with E-state index in [4.69, 9.17) is 0 Å². The average molecular weight is 1010 g/mol. The molecule has 1 heterocycles. The van der Waals surface area contributed by atoms with Gasteiger partial charge in [-0.25, -0.2) is 0 Å². The third-order valence-corrected chi connectivity index (χ3v) is 9.87. The van der Waals surface area contributed by atoms with Gasteiger partial charge in [0.1, 0.15) is 0 Å². The number of carboxylic acid groups (broad SMARTS) is 3. The summed E-state index contributed by atoms with van der Waals surface area (Å²) in [7, 11) is 0. The van der Waals surface area contributed by atoms with E-state index in [-0.39, 0.29) is 52.4 Å². The van der Waals surface area contributed by atoms with Crippen LogP contribution in [0.1, 0.15) is 13.3 Å². The average Bonchev–Trinajstić information content (AvgIpc) is 3.17. The maximum absolute atomic E-state index is 14.2. The van der Waals surface area contributed by atoms with Crippen LogP contribution in [-0.4, -0.2) is 240 Å². The number of hydrogen-bond acceptors (Lipinski definition) is 11. The number of amides is 2. The van der Waals surface area contributed by atoms with Crippen molar-refractivity contribution in [3.05, 3.63) is 0 Å². The summed E-state index contributed by atoms with van der Waals surface area (Å²) >= 11 is 0. The van der Waals surface area contributed by atoms with Crippen molar-refractivity contribution in [3.63, 3.8) is 0 Å². The Morgan fingerprint density at radius 3 is 1.29 bits per heavy atom. The number of hydrogen-bond donors (Lipinski definition) is 5. The van der Waals surface area contributed by atoms with Crippen molar-refractivity contribution in [2.45, 2.75) is 67.0 Å². The normalized spacial score (nSPS) is 17.7. The number of carbonyl (C=O) groups is 5. The molecule has 5 N–H and O–H groups in total. The predicted octanol–water partition coefficient (Wildman–Crippen LogP) is 2.20. The predicted molar refractivity (Wildman–Crippen MR) is 186 cm³/mol. The van der Waals surface area contributed by atoms with Gasteiger partial charge in [-0.05, 0) is 6.92 Å². The molecule has 0 aromatic rings. The second kappa shape index (κ2) is 23.3. The van der Waals surface area contributed by atoms with E-state index in [0.717, 1.165) is 0 Å². The third kappa shape index (κ3) is 14.5. The van der Waals surface area contributed by atoms with Gasteiger partial charge in [-0.2, -0.15) is 74.6 Å². The van der Waals surface area contributed by atoms with Crippen LogP contribution in [0.3, 0.4) is 0 Å². The number of halogens is 17. The van der Waals surface area contributed by atoms with Crippen molar-refractivity contribution in [2.24, 2.45) is 0 Å². The first-order valence-electron chi connectivity index (χ1n) is 18.9. The summed E-state index contributed by atoms with van der Waals surface area (Å²) in [5.74, 6) is -63.1. The van der Waals surface area contributed by atoms with Crippen LogP contribution in [0.5, 0.6) is 0 Å². The fourth-order valence-corrected chi connectivity index (χ4v) is 5.89. The molecule has 1 unspecified atom stereocenters. The van der Waals surface area contributed by atoms with Crippen LogP contribution >= 0.6 is 0 Å². The first-order valence-corrected chi connectivity index (χ1v) is 18.9. The van der Waals surface area contributed by atoms with Gasteiger partial charge in [-0.1, -0.05) is 0 Å². The molecule has 2 amide bonds. The van der Waals surface area contributed by atoms with E-state index in [2.05, 4.69) is 10.1 Å². The van der Waals surface area contributed by atoms with E-state index in [1.807, 2.05) is 0 Å². The highest BCUT2D eigenvalue weighted by molar-refractivity contribution is 5.87. The number of aliphatic carboxylic acids is 3. The molecule has 0 spiro atoms. The van der Waals surface area contributed by atoms with Crippen LogP contribution in [0, 0.1) is 0 Å². The molecule has 1 atom stereocenters. The van der Waals surface area contributed by atoms with Crippen LogP contribution in [0.4, 0.5) is 74.6 Å². The molecule has 0 aromatic carbocycles. The zero-order valence-corrected chi connectivity index (χ0v) is 34.2. The molecule has 33 heteroatoms. The largest absolute Gasteiger partial charge is 0.480 e. The van der Waals surface area contributed by atoms with Crippen LogP contribution in [0.25, 0.3) is 0 Å². The molecule has 0 saturated carbocycles. The van der Waals surface area contributed by atoms with E-state index in [0.29, 0.717) is 4.90 Å². The van der Waals surface area contributed by atoms with Gasteiger partial charge in [0.05, 0.1) is 52.0 Å². The monoisotopic (exact) mass is 1010 g/mol. The van der Waals surface area contributed by atoms with E-state index in [1.54, 1.807) is 0 Å². The first kappa shape index (κ1) is 59.9. The van der Waals surface area contributed by atoms with E-state index >= 15 is 0 Å². The van der Waals surface area contributed by atoms with Gasteiger partial charge >= 0.3 is 65.5 Å². The molecule has 0 aromatic heterocycles. The van der Waals surface area contributed by atoms with Crippen molar-refractivity contribution in [1.29, 1.82) is 0 Å². The van der Waals surface area contributed by atoms with Crippen LogP contribution in [0.2, 0.25) is 0 Å². The smallest absolute Gasteiger partial charge is 0.460 e. The second-order valence-electron chi connectivity index (χ2n) is 14.6. The molecule has 0 bridgehead atoms. The fourth-order valence-electron chi connectivity index (χ4n) is 5.89. The molecule has 1 aliphatic rings. The number of aliphatic hydroxyl groups is 1. The van der Waals surface area contributed by atoms with Gasteiger partial charge in [-0.15, -0.1) is 0 Å². The Morgan fingerprint density at radius 1 is 0.561 bits per heavy atom. The summed E-state index contributed by atoms with van der Waals surface area (Å²) in [5.41, 5.74) is 0. The standard InChI is InChI=1S/C33H45F17N6O10/c1-20(55-9-7-53(18-23(61)62)5-3-52(17-22(59)60)4-6-54(8-10-55)19-24(63)64)25(65)51-16-21(58)56(11-13-57)12-15-66-14-2-26(34,35)27(36,37)28(38,39)29(40,41)30(42,43)31(44,45)32(46,47)33(48,49)50/h20,57H,2-19H2,1H3,(H,51,65)(H,59,60)(H,61,62)(H,63,64). The molecular formula is C33H45F17N6O10. The molecule has 66 heavy (non-hydrogen) atoms. The number of nitrogens with zero attached hydrogens (tertiary/aromatic N) is 5. The number of nitrogens with one attached hydrogen (secondary N) is 1. The van der Waals surface area contributed by atoms with Crippen molar-refractivity contribution in [1.82, 2.24) is 29.8 Å². The van der Waals surface area contributed by atoms with Crippen molar-refractivity contribution < 1.29 is 124 Å². The third-order valence-electron chi connectivity index (χ3n) is 9.87. The zero-order chi connectivity index (χ0) is 51.5. The lowest BCUT2D eigenvalue weighted by Crippen LogP contribution is -2.74. The van der Waals surface area contributed by atoms with Gasteiger partial charge < -0.3 is 35.4 Å². The lowest BCUT2D eigenvalue weighted by atomic mass is 9.88. The van der Waals surface area contributed by atoms with Crippen molar-refractivity contribution in [2.75, 3.05) is 111 Å². The summed E-state index contributed by atoms with van der Waals surface area (Å²) in [6.45, 7) is -6.27. The minimum Gasteiger partial charge on any atom is -0.480 e. The SMILES string of the molecule is CC(C(=O)NCC(=O)N(CCO)CCOCCC(F)(F)C(F)(F)C(F)(F)C(F)(F)C(F)(F)C(F)(F)C(F)(F)C(F)(F)F)N1CCN(CC(=O)O)CCN(CC(=O)O)CCN(CC(=O)O)CC1. The number of carbonyl (C=O) groups excluding carboxylic acids is 2. The molecule has 386 valence electrons. The van der Waals surface area contributed by atoms with Gasteiger partial charge in [0, 0.05) is 71.9 Å². The molecule has 16 nitrogen and oxygen atoms in total. The molecule has 0 aliphatic carbocycles. The zero-order valence-electron chi connectivity index (χ0n) is 34.2. The Bertz CT molecular complexity index is 1620. The van der Waals surface area contributed by atoms with Crippen LogP contribution in [-0.2, 0) is 28.7 Å². The van der Waals surface area contributed by atoms with Gasteiger partial charge in [0.25, 0.3) is 0 Å². The quantitative estimate of drug-likeness (QED) is 0.0696. The molecule has 1 rings (SSSR count). The molecule has 1 aliphatic heterocycles. The van der Waals surface area contributed by atoms with Gasteiger partial charge in [0.2, 0.25) is 11.8 Å². The van der Waals surface area contributed by atoms with E-state index in [1.165, 1.54) is 26.5 Å². The van der Waals surface area contributed by atoms with Gasteiger partial charge in [0.15, 0.2) is 0 Å². The number of ether oxygens (including phenoxy) is 1. The Balaban J connectivity index is 3.04. The molecule has 0 radical (unpaired) electrons. The summed E-state index contributed by atoms with van der Waals surface area (Å²) in [6.07, 6.45) is -10.7. The Labute approximate surface area is 362 Å². The summed E-state index contributed by atoms with van der Waals surface area (Å²) in [4.78, 5) is 66.9. The van der Waals surface area contributed by atoms with Crippen LogP contribution < -0.4 is 5.32 Å². The number of aliphatic hydroxyl groups excluding tert-OH is 1. The Morgan fingerprint density at radius 2 is 0.924 bits per heavy atom. The first-order chi connectivity index (χ1) is 29.9. The summed E-state index contributed by atoms with van der Waals surface area (Å²) in [5, 5.41) is 39.6. The molecule has 1 fully saturated rings. The Hall–Kier alpha value is -4.08. The highest BCUT2D eigenvalue weighted by Crippen LogP contribution is 2.64.